The van der Waals surface area contributed by atoms with E-state index in [0.717, 1.165) is 16.2 Å². The predicted octanol–water partition coefficient (Wildman–Crippen LogP) is 6.88. The van der Waals surface area contributed by atoms with Crippen LogP contribution in [0.15, 0.2) is 72.8 Å². The first-order valence-corrected chi connectivity index (χ1v) is 8.62. The Balaban J connectivity index is 1.84. The van der Waals surface area contributed by atoms with Crippen molar-refractivity contribution >= 4 is 50.9 Å². The number of carbonyl (C=O) groups excluding carboxylic acids is 1. The summed E-state index contributed by atoms with van der Waals surface area (Å²) in [5.41, 5.74) is 0. The number of hydrogen-bond acceptors (Lipinski definition) is 3. The highest BCUT2D eigenvalue weighted by atomic mass is 35.5. The van der Waals surface area contributed by atoms with Gasteiger partial charge in [0, 0.05) is 15.8 Å². The van der Waals surface area contributed by atoms with Crippen LogP contribution in [0.3, 0.4) is 0 Å². The van der Waals surface area contributed by atoms with E-state index < -0.39 is 6.16 Å². The Bertz CT molecular complexity index is 1120. The number of rotatable bonds is 2. The molecule has 0 saturated heterocycles. The Labute approximate surface area is 159 Å². The summed E-state index contributed by atoms with van der Waals surface area (Å²) in [7, 11) is 0. The summed E-state index contributed by atoms with van der Waals surface area (Å²) in [6.45, 7) is 0. The fourth-order valence-electron chi connectivity index (χ4n) is 2.87. The summed E-state index contributed by atoms with van der Waals surface area (Å²) in [6, 6.07) is 21.7. The largest absolute Gasteiger partial charge is 0.519 e. The molecule has 0 radical (unpaired) electrons. The third kappa shape index (κ3) is 3.19. The number of para-hydroxylation sites is 1. The minimum absolute atomic E-state index is 0.348. The van der Waals surface area contributed by atoms with Gasteiger partial charge >= 0.3 is 6.16 Å². The second-order valence-electron chi connectivity index (χ2n) is 5.68. The molecule has 0 aromatic heterocycles. The standard InChI is InChI=1S/C21H12Cl2O3/c22-15-11-14-10-13-6-4-5-9-17(13)20(19(14)18(23)12-15)26-21(24)25-16-7-2-1-3-8-16/h1-12H. The Morgan fingerprint density at radius 2 is 1.50 bits per heavy atom. The van der Waals surface area contributed by atoms with Crippen LogP contribution in [0.1, 0.15) is 0 Å². The van der Waals surface area contributed by atoms with E-state index in [9.17, 15) is 4.79 Å². The fraction of sp³-hybridized carbons (Fsp3) is 0. The van der Waals surface area contributed by atoms with Gasteiger partial charge in [-0.3, -0.25) is 0 Å². The summed E-state index contributed by atoms with van der Waals surface area (Å²) in [5.74, 6) is 0.747. The monoisotopic (exact) mass is 382 g/mol. The first-order chi connectivity index (χ1) is 12.6. The molecule has 3 nitrogen and oxygen atoms in total. The molecule has 0 N–H and O–H groups in total. The fourth-order valence-corrected chi connectivity index (χ4v) is 3.47. The van der Waals surface area contributed by atoms with Gasteiger partial charge in [-0.15, -0.1) is 0 Å². The Kier molecular flexibility index (Phi) is 4.41. The van der Waals surface area contributed by atoms with E-state index >= 15 is 0 Å². The van der Waals surface area contributed by atoms with Crippen molar-refractivity contribution in [1.29, 1.82) is 0 Å². The lowest BCUT2D eigenvalue weighted by Crippen LogP contribution is -2.14. The minimum atomic E-state index is -0.833. The number of carbonyl (C=O) groups is 1. The molecule has 0 saturated carbocycles. The molecule has 0 aliphatic heterocycles. The average molecular weight is 383 g/mol. The third-order valence-electron chi connectivity index (χ3n) is 3.96. The SMILES string of the molecule is O=C(Oc1ccccc1)Oc1c2ccccc2cc2cc(Cl)cc(Cl)c12. The van der Waals surface area contributed by atoms with Gasteiger partial charge in [0.25, 0.3) is 0 Å². The van der Waals surface area contributed by atoms with Gasteiger partial charge in [-0.05, 0) is 41.1 Å². The third-order valence-corrected chi connectivity index (χ3v) is 4.48. The van der Waals surface area contributed by atoms with Crippen molar-refractivity contribution in [3.05, 3.63) is 82.8 Å². The van der Waals surface area contributed by atoms with Gasteiger partial charge in [-0.2, -0.15) is 0 Å². The van der Waals surface area contributed by atoms with Crippen molar-refractivity contribution in [3.8, 4) is 11.5 Å². The Morgan fingerprint density at radius 3 is 2.31 bits per heavy atom. The van der Waals surface area contributed by atoms with Gasteiger partial charge in [-0.25, -0.2) is 4.79 Å². The highest BCUT2D eigenvalue weighted by molar-refractivity contribution is 6.39. The summed E-state index contributed by atoms with van der Waals surface area (Å²) in [6.07, 6.45) is -0.833. The van der Waals surface area contributed by atoms with Crippen LogP contribution in [0.2, 0.25) is 10.0 Å². The second-order valence-corrected chi connectivity index (χ2v) is 6.52. The molecule has 26 heavy (non-hydrogen) atoms. The molecular formula is C21H12Cl2O3. The molecule has 0 bridgehead atoms. The van der Waals surface area contributed by atoms with E-state index in [-0.39, 0.29) is 0 Å². The highest BCUT2D eigenvalue weighted by Gasteiger charge is 2.17. The first-order valence-electron chi connectivity index (χ1n) is 7.87. The summed E-state index contributed by atoms with van der Waals surface area (Å²) >= 11 is 12.5. The molecule has 0 aliphatic carbocycles. The number of benzene rings is 4. The second kappa shape index (κ2) is 6.87. The summed E-state index contributed by atoms with van der Waals surface area (Å²) in [4.78, 5) is 12.3. The van der Waals surface area contributed by atoms with Gasteiger partial charge in [0.05, 0.1) is 5.02 Å². The van der Waals surface area contributed by atoms with E-state index in [1.54, 1.807) is 36.4 Å². The number of fused-ring (bicyclic) bond motifs is 2. The molecule has 4 aromatic rings. The van der Waals surface area contributed by atoms with Crippen LogP contribution in [0, 0.1) is 0 Å². The van der Waals surface area contributed by atoms with E-state index in [4.69, 9.17) is 32.7 Å². The van der Waals surface area contributed by atoms with Crippen LogP contribution in [-0.4, -0.2) is 6.16 Å². The van der Waals surface area contributed by atoms with Crippen molar-refractivity contribution in [3.63, 3.8) is 0 Å². The van der Waals surface area contributed by atoms with Crippen LogP contribution in [0.4, 0.5) is 4.79 Å². The topological polar surface area (TPSA) is 35.5 Å². The lowest BCUT2D eigenvalue weighted by molar-refractivity contribution is 0.153. The van der Waals surface area contributed by atoms with Crippen molar-refractivity contribution in [1.82, 2.24) is 0 Å². The molecule has 4 rings (SSSR count). The van der Waals surface area contributed by atoms with Gasteiger partial charge in [0.1, 0.15) is 5.75 Å². The highest BCUT2D eigenvalue weighted by Crippen LogP contribution is 2.40. The first kappa shape index (κ1) is 16.7. The minimum Gasteiger partial charge on any atom is -0.395 e. The van der Waals surface area contributed by atoms with Crippen molar-refractivity contribution in [2.75, 3.05) is 0 Å². The van der Waals surface area contributed by atoms with Gasteiger partial charge in [0.15, 0.2) is 5.75 Å². The molecule has 0 amide bonds. The quantitative estimate of drug-likeness (QED) is 0.215. The molecule has 0 spiro atoms. The zero-order chi connectivity index (χ0) is 18.1. The molecule has 0 unspecified atom stereocenters. The van der Waals surface area contributed by atoms with Crippen LogP contribution in [-0.2, 0) is 0 Å². The molecule has 4 aromatic carbocycles. The summed E-state index contributed by atoms with van der Waals surface area (Å²) in [5, 5.41) is 3.97. The molecule has 0 fully saturated rings. The molecule has 0 atom stereocenters. The van der Waals surface area contributed by atoms with E-state index in [2.05, 4.69) is 0 Å². The van der Waals surface area contributed by atoms with Crippen molar-refractivity contribution in [2.45, 2.75) is 0 Å². The van der Waals surface area contributed by atoms with Gasteiger partial charge in [0.2, 0.25) is 0 Å². The molecule has 0 aliphatic rings. The van der Waals surface area contributed by atoms with Crippen molar-refractivity contribution in [2.24, 2.45) is 0 Å². The van der Waals surface area contributed by atoms with E-state index in [1.807, 2.05) is 36.4 Å². The lowest BCUT2D eigenvalue weighted by Gasteiger charge is -2.13. The zero-order valence-electron chi connectivity index (χ0n) is 13.4. The van der Waals surface area contributed by atoms with Crippen LogP contribution in [0.5, 0.6) is 11.5 Å². The maximum Gasteiger partial charge on any atom is 0.519 e. The molecule has 0 heterocycles. The lowest BCUT2D eigenvalue weighted by atomic mass is 10.0. The molecular weight excluding hydrogens is 371 g/mol. The smallest absolute Gasteiger partial charge is 0.395 e. The van der Waals surface area contributed by atoms with Gasteiger partial charge in [-0.1, -0.05) is 65.7 Å². The Hall–Kier alpha value is -2.75. The zero-order valence-corrected chi connectivity index (χ0v) is 14.9. The normalized spacial score (nSPS) is 10.8. The maximum absolute atomic E-state index is 12.3. The number of halogens is 2. The summed E-state index contributed by atoms with van der Waals surface area (Å²) < 4.78 is 10.8. The maximum atomic E-state index is 12.3. The molecule has 128 valence electrons. The van der Waals surface area contributed by atoms with Crippen LogP contribution >= 0.6 is 23.2 Å². The number of ether oxygens (including phenoxy) is 2. The van der Waals surface area contributed by atoms with Crippen LogP contribution in [0.25, 0.3) is 21.5 Å². The van der Waals surface area contributed by atoms with Crippen molar-refractivity contribution < 1.29 is 14.3 Å². The average Bonchev–Trinajstić information content (AvgIpc) is 2.61. The van der Waals surface area contributed by atoms with Gasteiger partial charge < -0.3 is 9.47 Å². The Morgan fingerprint density at radius 1 is 0.769 bits per heavy atom. The number of hydrogen-bond donors (Lipinski definition) is 0. The molecule has 5 heteroatoms. The van der Waals surface area contributed by atoms with E-state index in [0.29, 0.717) is 26.9 Å². The predicted molar refractivity (Wildman–Crippen MR) is 105 cm³/mol. The van der Waals surface area contributed by atoms with E-state index in [1.165, 1.54) is 0 Å². The van der Waals surface area contributed by atoms with Crippen LogP contribution < -0.4 is 9.47 Å².